The van der Waals surface area contributed by atoms with Crippen LogP contribution < -0.4 is 14.2 Å². The second kappa shape index (κ2) is 13.8. The minimum Gasteiger partial charge on any atom is -0.491 e. The number of sulfonamides is 1. The fraction of sp³-hybridized carbons (Fsp3) is 0.375. The molecular weight excluding hydrogens is 533 g/mol. The number of rotatable bonds is 14. The van der Waals surface area contributed by atoms with Crippen molar-refractivity contribution in [2.45, 2.75) is 32.4 Å². The zero-order valence-corrected chi connectivity index (χ0v) is 21.4. The molecule has 0 spiro atoms. The maximum atomic E-state index is 13.2. The quantitative estimate of drug-likeness (QED) is 0.146. The minimum absolute atomic E-state index is 0.106. The normalized spacial score (nSPS) is 11.9. The number of ether oxygens (including phenoxy) is 3. The van der Waals surface area contributed by atoms with Crippen molar-refractivity contribution in [3.63, 3.8) is 0 Å². The van der Waals surface area contributed by atoms with E-state index in [2.05, 4.69) is 0 Å². The zero-order valence-electron chi connectivity index (χ0n) is 20.6. The average molecular weight is 561 g/mol. The Morgan fingerprint density at radius 2 is 1.84 bits per heavy atom. The van der Waals surface area contributed by atoms with Gasteiger partial charge in [0.1, 0.15) is 18.1 Å². The van der Waals surface area contributed by atoms with E-state index in [1.807, 2.05) is 11.6 Å². The number of nitro benzene ring substituents is 1. The van der Waals surface area contributed by atoms with E-state index < -0.39 is 44.0 Å². The molecule has 0 radical (unpaired) electrons. The lowest BCUT2D eigenvalue weighted by Crippen LogP contribution is -2.31. The van der Waals surface area contributed by atoms with Gasteiger partial charge in [0.2, 0.25) is 15.8 Å². The standard InChI is InChI=1S/C24H27F3N2O8S/c1-3-4-5-14-38(33,34)28-23(30)11-7-17-6-9-19(36-13-12-35-2)16-21(17)37-22-15-18(24(25,26)27)8-10-20(22)29(31)32/h6-11,15-16H,3-5,12-14H2,1-2H3,(H,28,30)/b11-7+. The van der Waals surface area contributed by atoms with Crippen LogP contribution in [0.15, 0.2) is 42.5 Å². The average Bonchev–Trinajstić information content (AvgIpc) is 2.82. The summed E-state index contributed by atoms with van der Waals surface area (Å²) >= 11 is 0. The van der Waals surface area contributed by atoms with Crippen LogP contribution >= 0.6 is 0 Å². The van der Waals surface area contributed by atoms with Crippen molar-refractivity contribution in [3.05, 3.63) is 63.7 Å². The number of methoxy groups -OCH3 is 1. The molecule has 0 aliphatic rings. The summed E-state index contributed by atoms with van der Waals surface area (Å²) in [5.74, 6) is -1.88. The van der Waals surface area contributed by atoms with Gasteiger partial charge in [-0.1, -0.05) is 19.8 Å². The smallest absolute Gasteiger partial charge is 0.416 e. The summed E-state index contributed by atoms with van der Waals surface area (Å²) in [6.07, 6.45) is -0.896. The van der Waals surface area contributed by atoms with E-state index in [0.717, 1.165) is 18.6 Å². The fourth-order valence-corrected chi connectivity index (χ4v) is 4.12. The molecule has 0 aromatic heterocycles. The summed E-state index contributed by atoms with van der Waals surface area (Å²) in [5, 5.41) is 11.4. The monoisotopic (exact) mass is 560 g/mol. The maximum Gasteiger partial charge on any atom is 0.416 e. The Morgan fingerprint density at radius 1 is 1.11 bits per heavy atom. The van der Waals surface area contributed by atoms with E-state index in [0.29, 0.717) is 31.0 Å². The van der Waals surface area contributed by atoms with E-state index >= 15 is 0 Å². The Hall–Kier alpha value is -3.65. The number of unbranched alkanes of at least 4 members (excludes halogenated alkanes) is 2. The summed E-state index contributed by atoms with van der Waals surface area (Å²) in [4.78, 5) is 22.7. The van der Waals surface area contributed by atoms with Crippen LogP contribution in [-0.4, -0.2) is 45.3 Å². The van der Waals surface area contributed by atoms with Gasteiger partial charge in [0.05, 0.1) is 22.8 Å². The lowest BCUT2D eigenvalue weighted by atomic mass is 10.1. The first-order chi connectivity index (χ1) is 17.9. The Kier molecular flexibility index (Phi) is 11.1. The number of hydrogen-bond donors (Lipinski definition) is 1. The highest BCUT2D eigenvalue weighted by atomic mass is 32.2. The van der Waals surface area contributed by atoms with Crippen LogP contribution in [0, 0.1) is 10.1 Å². The second-order valence-corrected chi connectivity index (χ2v) is 9.75. The van der Waals surface area contributed by atoms with Crippen molar-refractivity contribution < 1.29 is 45.5 Å². The van der Waals surface area contributed by atoms with Gasteiger partial charge < -0.3 is 14.2 Å². The van der Waals surface area contributed by atoms with Crippen molar-refractivity contribution in [1.82, 2.24) is 4.72 Å². The number of nitrogens with zero attached hydrogens (tertiary/aromatic N) is 1. The molecule has 1 amide bonds. The predicted molar refractivity (Wildman–Crippen MR) is 132 cm³/mol. The number of nitro groups is 1. The molecule has 0 atom stereocenters. The SMILES string of the molecule is CCCCCS(=O)(=O)NC(=O)/C=C/c1ccc(OCCOC)cc1Oc1cc(C(F)(F)F)ccc1[N+](=O)[O-]. The van der Waals surface area contributed by atoms with Crippen molar-refractivity contribution >= 4 is 27.7 Å². The van der Waals surface area contributed by atoms with Crippen LogP contribution in [0.25, 0.3) is 6.08 Å². The molecular formula is C24H27F3N2O8S. The van der Waals surface area contributed by atoms with Crippen molar-refractivity contribution in [2.24, 2.45) is 0 Å². The summed E-state index contributed by atoms with van der Waals surface area (Å²) in [5.41, 5.74) is -1.79. The van der Waals surface area contributed by atoms with Crippen LogP contribution in [0.4, 0.5) is 18.9 Å². The van der Waals surface area contributed by atoms with Crippen LogP contribution in [0.1, 0.15) is 37.3 Å². The number of amides is 1. The fourth-order valence-electron chi connectivity index (χ4n) is 3.06. The lowest BCUT2D eigenvalue weighted by molar-refractivity contribution is -0.385. The van der Waals surface area contributed by atoms with E-state index in [9.17, 15) is 36.5 Å². The molecule has 10 nitrogen and oxygen atoms in total. The molecule has 0 saturated carbocycles. The van der Waals surface area contributed by atoms with E-state index in [-0.39, 0.29) is 36.0 Å². The molecule has 0 heterocycles. The molecule has 0 saturated heterocycles. The Labute approximate surface area is 217 Å². The van der Waals surface area contributed by atoms with Gasteiger partial charge in [-0.2, -0.15) is 13.2 Å². The number of carbonyl (C=O) groups excluding carboxylic acids is 1. The molecule has 208 valence electrons. The lowest BCUT2D eigenvalue weighted by Gasteiger charge is -2.14. The maximum absolute atomic E-state index is 13.2. The Morgan fingerprint density at radius 3 is 2.47 bits per heavy atom. The molecule has 0 aliphatic carbocycles. The topological polar surface area (TPSA) is 134 Å². The first-order valence-electron chi connectivity index (χ1n) is 11.4. The molecule has 0 unspecified atom stereocenters. The highest BCUT2D eigenvalue weighted by molar-refractivity contribution is 7.90. The number of hydrogen-bond acceptors (Lipinski definition) is 8. The summed E-state index contributed by atoms with van der Waals surface area (Å²) < 4.78 is 81.6. The van der Waals surface area contributed by atoms with Gasteiger partial charge in [0.15, 0.2) is 0 Å². The van der Waals surface area contributed by atoms with Gasteiger partial charge in [0.25, 0.3) is 5.91 Å². The van der Waals surface area contributed by atoms with Crippen LogP contribution in [0.3, 0.4) is 0 Å². The molecule has 2 aromatic carbocycles. The van der Waals surface area contributed by atoms with Crippen molar-refractivity contribution in [2.75, 3.05) is 26.1 Å². The van der Waals surface area contributed by atoms with Crippen LogP contribution in [-0.2, 0) is 25.7 Å². The van der Waals surface area contributed by atoms with Gasteiger partial charge >= 0.3 is 11.9 Å². The second-order valence-electron chi connectivity index (χ2n) is 7.91. The van der Waals surface area contributed by atoms with E-state index in [1.54, 1.807) is 0 Å². The number of halogens is 3. The molecule has 38 heavy (non-hydrogen) atoms. The molecule has 2 rings (SSSR count). The molecule has 0 aliphatic heterocycles. The molecule has 0 bridgehead atoms. The van der Waals surface area contributed by atoms with Gasteiger partial charge in [-0.05, 0) is 30.7 Å². The summed E-state index contributed by atoms with van der Waals surface area (Å²) in [6.45, 7) is 2.24. The van der Waals surface area contributed by atoms with Gasteiger partial charge in [-0.3, -0.25) is 14.9 Å². The zero-order chi connectivity index (χ0) is 28.3. The van der Waals surface area contributed by atoms with Gasteiger partial charge in [-0.25, -0.2) is 13.1 Å². The number of carbonyl (C=O) groups is 1. The number of nitrogens with one attached hydrogen (secondary N) is 1. The van der Waals surface area contributed by atoms with E-state index in [4.69, 9.17) is 14.2 Å². The predicted octanol–water partition coefficient (Wildman–Crippen LogP) is 5.08. The molecule has 14 heteroatoms. The largest absolute Gasteiger partial charge is 0.491 e. The molecule has 1 N–H and O–H groups in total. The number of alkyl halides is 3. The third-order valence-corrected chi connectivity index (χ3v) is 6.27. The van der Waals surface area contributed by atoms with Crippen molar-refractivity contribution in [3.8, 4) is 17.2 Å². The van der Waals surface area contributed by atoms with Crippen LogP contribution in [0.2, 0.25) is 0 Å². The third kappa shape index (κ3) is 9.67. The van der Waals surface area contributed by atoms with Gasteiger partial charge in [-0.15, -0.1) is 0 Å². The Balaban J connectivity index is 2.41. The third-order valence-electron chi connectivity index (χ3n) is 4.93. The van der Waals surface area contributed by atoms with Crippen molar-refractivity contribution in [1.29, 1.82) is 0 Å². The highest BCUT2D eigenvalue weighted by Crippen LogP contribution is 2.39. The summed E-state index contributed by atoms with van der Waals surface area (Å²) in [7, 11) is -2.41. The first-order valence-corrected chi connectivity index (χ1v) is 13.0. The highest BCUT2D eigenvalue weighted by Gasteiger charge is 2.33. The minimum atomic E-state index is -4.79. The first kappa shape index (κ1) is 30.6. The van der Waals surface area contributed by atoms with Crippen LogP contribution in [0.5, 0.6) is 17.2 Å². The molecule has 0 fully saturated rings. The van der Waals surface area contributed by atoms with E-state index in [1.165, 1.54) is 25.3 Å². The van der Waals surface area contributed by atoms with Gasteiger partial charge in [0, 0.05) is 36.9 Å². The Bertz CT molecular complexity index is 1260. The number of benzene rings is 2. The molecule has 2 aromatic rings. The summed E-state index contributed by atoms with van der Waals surface area (Å²) in [6, 6.07) is 5.82.